The molecule has 1 aromatic carbocycles. The Kier molecular flexibility index (Phi) is 3.62. The summed E-state index contributed by atoms with van der Waals surface area (Å²) in [5, 5.41) is 0. The molecule has 0 fully saturated rings. The number of hydrogen-bond acceptors (Lipinski definition) is 3. The average molecular weight is 234 g/mol. The smallest absolute Gasteiger partial charge is 0.312 e. The minimum absolute atomic E-state index is 0.603. The zero-order valence-electron chi connectivity index (χ0n) is 10.4. The molecule has 0 N–H and O–H groups in total. The van der Waals surface area contributed by atoms with E-state index < -0.39 is 5.97 Å². The Morgan fingerprint density at radius 2 is 2.18 bits per heavy atom. The quantitative estimate of drug-likeness (QED) is 0.591. The van der Waals surface area contributed by atoms with E-state index >= 15 is 0 Å². The lowest BCUT2D eigenvalue weighted by molar-refractivity contribution is -0.379. The van der Waals surface area contributed by atoms with Gasteiger partial charge in [-0.3, -0.25) is 0 Å². The normalized spacial score (nSPS) is 17.5. The van der Waals surface area contributed by atoms with Crippen LogP contribution in [-0.2, 0) is 33.0 Å². The molecule has 0 spiro atoms. The molecule has 0 aromatic heterocycles. The number of benzene rings is 1. The Hall–Kier alpha value is -1.16. The third kappa shape index (κ3) is 2.02. The molecule has 92 valence electrons. The average Bonchev–Trinajstić information content (AvgIpc) is 2.38. The lowest BCUT2D eigenvalue weighted by atomic mass is 9.93. The maximum atomic E-state index is 5.70. The van der Waals surface area contributed by atoms with E-state index in [1.54, 1.807) is 14.2 Å². The largest absolute Gasteiger partial charge is 0.327 e. The minimum atomic E-state index is -1.06. The summed E-state index contributed by atoms with van der Waals surface area (Å²) in [5.41, 5.74) is 3.36. The van der Waals surface area contributed by atoms with Gasteiger partial charge < -0.3 is 14.2 Å². The molecule has 1 heterocycles. The van der Waals surface area contributed by atoms with E-state index in [0.29, 0.717) is 6.61 Å². The van der Waals surface area contributed by atoms with Crippen LogP contribution in [0, 0.1) is 0 Å². The number of hydrogen-bond donors (Lipinski definition) is 0. The van der Waals surface area contributed by atoms with Crippen LogP contribution < -0.4 is 0 Å². The third-order valence-corrected chi connectivity index (χ3v) is 3.11. The zero-order chi connectivity index (χ0) is 12.3. The van der Waals surface area contributed by atoms with Gasteiger partial charge in [-0.25, -0.2) is 0 Å². The van der Waals surface area contributed by atoms with Crippen LogP contribution in [0.3, 0.4) is 0 Å². The van der Waals surface area contributed by atoms with Gasteiger partial charge in [0.25, 0.3) is 0 Å². The van der Waals surface area contributed by atoms with Gasteiger partial charge in [-0.05, 0) is 24.0 Å². The van der Waals surface area contributed by atoms with Crippen LogP contribution >= 0.6 is 0 Å². The molecule has 0 aliphatic carbocycles. The first kappa shape index (κ1) is 12.3. The van der Waals surface area contributed by atoms with Gasteiger partial charge in [0.15, 0.2) is 0 Å². The van der Waals surface area contributed by atoms with Crippen molar-refractivity contribution in [2.45, 2.75) is 18.8 Å². The Labute approximate surface area is 102 Å². The second kappa shape index (κ2) is 5.00. The van der Waals surface area contributed by atoms with Crippen molar-refractivity contribution in [1.82, 2.24) is 0 Å². The lowest BCUT2D eigenvalue weighted by Gasteiger charge is -2.37. The second-order valence-corrected chi connectivity index (χ2v) is 4.01. The Morgan fingerprint density at radius 3 is 2.82 bits per heavy atom. The Balaban J connectivity index is 2.57. The van der Waals surface area contributed by atoms with E-state index in [-0.39, 0.29) is 0 Å². The van der Waals surface area contributed by atoms with Crippen LogP contribution in [0.25, 0.3) is 0 Å². The van der Waals surface area contributed by atoms with Gasteiger partial charge in [0.05, 0.1) is 6.61 Å². The Morgan fingerprint density at radius 1 is 1.41 bits per heavy atom. The minimum Gasteiger partial charge on any atom is -0.327 e. The van der Waals surface area contributed by atoms with Gasteiger partial charge in [0, 0.05) is 19.8 Å². The molecule has 0 atom stereocenters. The zero-order valence-corrected chi connectivity index (χ0v) is 10.4. The molecular weight excluding hydrogens is 216 g/mol. The molecular formula is C14H18O3. The fourth-order valence-corrected chi connectivity index (χ4v) is 2.35. The van der Waals surface area contributed by atoms with Gasteiger partial charge >= 0.3 is 5.97 Å². The molecule has 0 radical (unpaired) electrons. The predicted octanol–water partition coefficient (Wildman–Crippen LogP) is 2.39. The number of rotatable bonds is 4. The summed E-state index contributed by atoms with van der Waals surface area (Å²) in [6.07, 6.45) is 3.54. The maximum Gasteiger partial charge on any atom is 0.312 e. The van der Waals surface area contributed by atoms with Gasteiger partial charge in [0.1, 0.15) is 0 Å². The summed E-state index contributed by atoms with van der Waals surface area (Å²) < 4.78 is 16.6. The van der Waals surface area contributed by atoms with Crippen molar-refractivity contribution in [1.29, 1.82) is 0 Å². The van der Waals surface area contributed by atoms with E-state index in [1.165, 1.54) is 5.56 Å². The lowest BCUT2D eigenvalue weighted by Crippen LogP contribution is -2.40. The first-order valence-corrected chi connectivity index (χ1v) is 5.74. The molecule has 0 saturated carbocycles. The molecule has 1 aliphatic heterocycles. The van der Waals surface area contributed by atoms with Gasteiger partial charge in [-0.15, -0.1) is 6.58 Å². The van der Waals surface area contributed by atoms with Crippen LogP contribution in [0.2, 0.25) is 0 Å². The van der Waals surface area contributed by atoms with Crippen LogP contribution in [0.15, 0.2) is 30.9 Å². The van der Waals surface area contributed by atoms with Crippen molar-refractivity contribution in [2.24, 2.45) is 0 Å². The van der Waals surface area contributed by atoms with E-state index in [2.05, 4.69) is 24.8 Å². The number of ether oxygens (including phenoxy) is 3. The first-order valence-electron chi connectivity index (χ1n) is 5.74. The summed E-state index contributed by atoms with van der Waals surface area (Å²) in [6, 6.07) is 6.21. The van der Waals surface area contributed by atoms with Gasteiger partial charge in [-0.1, -0.05) is 24.3 Å². The van der Waals surface area contributed by atoms with Crippen LogP contribution in [0.4, 0.5) is 0 Å². The van der Waals surface area contributed by atoms with Crippen LogP contribution in [0.1, 0.15) is 16.7 Å². The molecule has 0 bridgehead atoms. The molecule has 0 saturated heterocycles. The SMILES string of the molecule is C=CCc1cccc2c1C(OC)(OC)OCC2. The van der Waals surface area contributed by atoms with Crippen LogP contribution in [0.5, 0.6) is 0 Å². The predicted molar refractivity (Wildman–Crippen MR) is 65.7 cm³/mol. The maximum absolute atomic E-state index is 5.70. The summed E-state index contributed by atoms with van der Waals surface area (Å²) in [6.45, 7) is 4.39. The molecule has 0 unspecified atom stereocenters. The molecule has 1 aromatic rings. The molecule has 3 nitrogen and oxygen atoms in total. The van der Waals surface area contributed by atoms with E-state index in [0.717, 1.165) is 24.0 Å². The summed E-state index contributed by atoms with van der Waals surface area (Å²) >= 11 is 0. The second-order valence-electron chi connectivity index (χ2n) is 4.01. The highest BCUT2D eigenvalue weighted by Crippen LogP contribution is 2.37. The van der Waals surface area contributed by atoms with E-state index in [1.807, 2.05) is 6.08 Å². The number of fused-ring (bicyclic) bond motifs is 1. The molecule has 1 aliphatic rings. The fourth-order valence-electron chi connectivity index (χ4n) is 2.35. The van der Waals surface area contributed by atoms with Gasteiger partial charge in [-0.2, -0.15) is 0 Å². The van der Waals surface area contributed by atoms with Crippen molar-refractivity contribution < 1.29 is 14.2 Å². The van der Waals surface area contributed by atoms with E-state index in [4.69, 9.17) is 14.2 Å². The fraction of sp³-hybridized carbons (Fsp3) is 0.429. The van der Waals surface area contributed by atoms with Crippen molar-refractivity contribution >= 4 is 0 Å². The molecule has 3 heteroatoms. The standard InChI is InChI=1S/C14H18O3/c1-4-6-11-7-5-8-12-9-10-17-14(15-2,16-3)13(11)12/h4-5,7-8H,1,6,9-10H2,2-3H3. The van der Waals surface area contributed by atoms with Crippen molar-refractivity contribution in [2.75, 3.05) is 20.8 Å². The highest BCUT2D eigenvalue weighted by Gasteiger charge is 2.40. The van der Waals surface area contributed by atoms with Crippen molar-refractivity contribution in [3.8, 4) is 0 Å². The number of allylic oxidation sites excluding steroid dienone is 1. The molecule has 17 heavy (non-hydrogen) atoms. The monoisotopic (exact) mass is 234 g/mol. The third-order valence-electron chi connectivity index (χ3n) is 3.11. The van der Waals surface area contributed by atoms with E-state index in [9.17, 15) is 0 Å². The number of methoxy groups -OCH3 is 2. The van der Waals surface area contributed by atoms with Crippen LogP contribution in [-0.4, -0.2) is 20.8 Å². The van der Waals surface area contributed by atoms with Crippen molar-refractivity contribution in [3.05, 3.63) is 47.5 Å². The first-order chi connectivity index (χ1) is 8.27. The topological polar surface area (TPSA) is 27.7 Å². The summed E-state index contributed by atoms with van der Waals surface area (Å²) in [4.78, 5) is 0. The highest BCUT2D eigenvalue weighted by molar-refractivity contribution is 5.40. The Bertz CT molecular complexity index is 408. The summed E-state index contributed by atoms with van der Waals surface area (Å²) in [7, 11) is 3.20. The van der Waals surface area contributed by atoms with Crippen molar-refractivity contribution in [3.63, 3.8) is 0 Å². The summed E-state index contributed by atoms with van der Waals surface area (Å²) in [5.74, 6) is -1.06. The molecule has 0 amide bonds. The highest BCUT2D eigenvalue weighted by atomic mass is 16.9. The van der Waals surface area contributed by atoms with Gasteiger partial charge in [0.2, 0.25) is 0 Å². The molecule has 2 rings (SSSR count).